The number of hydrogen-bond acceptors (Lipinski definition) is 13. The van der Waals surface area contributed by atoms with E-state index in [1.807, 2.05) is 139 Å². The molecule has 10 fully saturated rings. The van der Waals surface area contributed by atoms with Gasteiger partial charge in [-0.3, -0.25) is 50.6 Å². The molecule has 3 unspecified atom stereocenters. The van der Waals surface area contributed by atoms with Gasteiger partial charge in [0.25, 0.3) is 0 Å². The summed E-state index contributed by atoms with van der Waals surface area (Å²) in [7, 11) is 1.60. The van der Waals surface area contributed by atoms with Gasteiger partial charge in [-0.2, -0.15) is 0 Å². The molecule has 6 aromatic heterocycles. The molecule has 6 N–H and O–H groups in total. The number of hydrogen-bond donors (Lipinski definition) is 6. The van der Waals surface area contributed by atoms with E-state index in [0.717, 1.165) is 161 Å². The number of methoxy groups -OCH3 is 1. The number of halogens is 1. The van der Waals surface area contributed by atoms with E-state index in [4.69, 9.17) is 54.1 Å². The molecule has 10 aliphatic rings. The zero-order chi connectivity index (χ0) is 101. The number of allylic oxidation sites excluding steroid dienone is 1. The van der Waals surface area contributed by atoms with Gasteiger partial charge < -0.3 is 37.5 Å². The van der Waals surface area contributed by atoms with Gasteiger partial charge in [0.1, 0.15) is 5.67 Å². The number of benzene rings is 6. The van der Waals surface area contributed by atoms with E-state index in [2.05, 4.69) is 124 Å². The Bertz CT molecular complexity index is 7010. The first-order valence-corrected chi connectivity index (χ1v) is 50.6. The van der Waals surface area contributed by atoms with Gasteiger partial charge in [-0.05, 0) is 276 Å². The van der Waals surface area contributed by atoms with Crippen molar-refractivity contribution in [3.05, 3.63) is 190 Å². The van der Waals surface area contributed by atoms with E-state index in [1.54, 1.807) is 37.4 Å². The summed E-state index contributed by atoms with van der Waals surface area (Å²) in [5.41, 5.74) is 14.0. The predicted molar refractivity (Wildman–Crippen MR) is 556 cm³/mol. The van der Waals surface area contributed by atoms with Crippen LogP contribution in [0.5, 0.6) is 0 Å². The zero-order valence-corrected chi connectivity index (χ0v) is 83.6. The fourth-order valence-corrected chi connectivity index (χ4v) is 20.8. The molecule has 2 bridgehead atoms. The molecule has 12 aromatic rings. The molecule has 142 heavy (non-hydrogen) atoms. The van der Waals surface area contributed by atoms with Gasteiger partial charge in [0, 0.05) is 79.2 Å². The normalized spacial score (nSPS) is 20.7. The van der Waals surface area contributed by atoms with Gasteiger partial charge in [0.05, 0.1) is 118 Å². The molecule has 0 spiro atoms. The van der Waals surface area contributed by atoms with Crippen molar-refractivity contribution in [2.75, 3.05) is 39.0 Å². The van der Waals surface area contributed by atoms with Gasteiger partial charge in [0.15, 0.2) is 34.1 Å². The van der Waals surface area contributed by atoms with Crippen LogP contribution >= 0.6 is 0 Å². The summed E-state index contributed by atoms with van der Waals surface area (Å²) in [6, 6.07) is 35.4. The van der Waals surface area contributed by atoms with E-state index in [1.165, 1.54) is 77.6 Å². The van der Waals surface area contributed by atoms with Crippen molar-refractivity contribution >= 4 is 166 Å². The Hall–Kier alpha value is -14.1. The standard InChI is InChI=1S/C20H22N4O.C19H22N4.C18H19FN4O.C18H22N4O2.2C18H22N4O/c1-21-14-7-8-17-18(11-14)24(15-3-2-4-15)20(22-17)23-19(25)16-10-12-5-6-13(16)9-12;1-12(15-11-19(15,2)3)21-18-22-16-9-8-13(20-4)10-17(16)23(18)14-6-5-7-14;1-18(19)9-11(10-18)16(24)22-17-21-14-7-6-12(20-2)8-15(14)23(17)13-4-3-5-13;1-18(2,24-4)11-16(23)21-17-20-14-9-8-12(19-3)10-15(14)22(17)13-6-5-7-13;1-18(2,3)11-16(23)21-17-20-14-9-8-12(19-4)10-15(14)22(17)13-6-5-7-13;1-11(2)12(3)17(23)21-18-20-15-9-8-13(19-4)10-16(15)22(18)14-6-5-7-14/h7-8,11-13,15-16H,2-6,9-10H2,(H,22,23,25);8-10,14-15H,1,5-7,11H2,2-3H3,(H,21,22);6-8,11,13H,3-5,9-10H2,1H3,(H,21,22,24);8-10,13H,5-7,11H2,1-2,4H3,(H,20,21,23);8-10,13H,5-7,11H2,1-3H3,(H,20,21,23);8-12,14H,5-7H2,1-3H3,(H,20,21,23)/t;15-;;;;12-/m.1...0/s1. The molecule has 22 rings (SSSR count). The maximum atomic E-state index is 13.6. The van der Waals surface area contributed by atoms with E-state index >= 15 is 0 Å². The highest BCUT2D eigenvalue weighted by Gasteiger charge is 2.49. The highest BCUT2D eigenvalue weighted by molar-refractivity contribution is 5.98. The second kappa shape index (κ2) is 41.2. The number of rotatable bonds is 22. The van der Waals surface area contributed by atoms with E-state index < -0.39 is 11.3 Å². The molecule has 5 atom stereocenters. The lowest BCUT2D eigenvalue weighted by molar-refractivity contribution is -0.128. The monoisotopic (exact) mass is 1910 g/mol. The van der Waals surface area contributed by atoms with Crippen molar-refractivity contribution in [2.24, 2.45) is 52.3 Å². The Morgan fingerprint density at radius 1 is 0.415 bits per heavy atom. The lowest BCUT2D eigenvalue weighted by atomic mass is 9.73. The number of imidazole rings is 6. The second-order valence-corrected chi connectivity index (χ2v) is 43.7. The van der Waals surface area contributed by atoms with Crippen LogP contribution in [-0.2, 0) is 28.7 Å². The highest BCUT2D eigenvalue weighted by Crippen LogP contribution is 2.56. The second-order valence-electron chi connectivity index (χ2n) is 43.7. The number of fused-ring (bicyclic) bond motifs is 8. The van der Waals surface area contributed by atoms with E-state index in [0.29, 0.717) is 124 Å². The molecule has 10 saturated carbocycles. The van der Waals surface area contributed by atoms with Gasteiger partial charge in [0.2, 0.25) is 65.2 Å². The van der Waals surface area contributed by atoms with Crippen molar-refractivity contribution in [3.8, 4) is 0 Å². The number of aromatic nitrogens is 12. The van der Waals surface area contributed by atoms with Gasteiger partial charge in [-0.15, -0.1) is 0 Å². The average molecular weight is 1910 g/mol. The number of amides is 5. The Labute approximate surface area is 829 Å². The maximum Gasteiger partial charge on any atom is 0.230 e. The first-order chi connectivity index (χ1) is 68.0. The van der Waals surface area contributed by atoms with Crippen molar-refractivity contribution in [1.29, 1.82) is 0 Å². The van der Waals surface area contributed by atoms with Gasteiger partial charge in [-0.25, -0.2) is 63.4 Å². The molecule has 10 aliphatic carbocycles. The quantitative estimate of drug-likeness (QED) is 0.0344. The molecule has 736 valence electrons. The number of nitrogens with one attached hydrogen (secondary N) is 6. The van der Waals surface area contributed by atoms with Gasteiger partial charge >= 0.3 is 0 Å². The van der Waals surface area contributed by atoms with Crippen molar-refractivity contribution < 1.29 is 33.1 Å². The third-order valence-electron chi connectivity index (χ3n) is 30.9. The molecule has 0 aliphatic heterocycles. The first kappa shape index (κ1) is 99.4. The lowest BCUT2D eigenvalue weighted by Crippen LogP contribution is -2.43. The molecular formula is C111H129FN24O6. The smallest absolute Gasteiger partial charge is 0.230 e. The van der Waals surface area contributed by atoms with Gasteiger partial charge in [-0.1, -0.05) is 105 Å². The van der Waals surface area contributed by atoms with Crippen molar-refractivity contribution in [1.82, 2.24) is 57.3 Å². The molecule has 0 saturated heterocycles. The molecule has 0 radical (unpaired) electrons. The summed E-state index contributed by atoms with van der Waals surface area (Å²) in [5.74, 6) is 5.67. The largest absolute Gasteiger partial charge is 0.378 e. The first-order valence-electron chi connectivity index (χ1n) is 50.6. The van der Waals surface area contributed by atoms with Crippen LogP contribution in [0.3, 0.4) is 0 Å². The van der Waals surface area contributed by atoms with Crippen LogP contribution in [0.4, 0.5) is 74.2 Å². The van der Waals surface area contributed by atoms with Crippen LogP contribution in [0.25, 0.3) is 95.3 Å². The summed E-state index contributed by atoms with van der Waals surface area (Å²) in [6.07, 6.45) is 27.6. The fourth-order valence-electron chi connectivity index (χ4n) is 20.8. The predicted octanol–water partition coefficient (Wildman–Crippen LogP) is 27.7. The minimum absolute atomic E-state index is 0.00119. The van der Waals surface area contributed by atoms with E-state index in [9.17, 15) is 28.4 Å². The number of alkyl halides is 1. The van der Waals surface area contributed by atoms with Crippen LogP contribution in [-0.4, -0.2) is 105 Å². The number of nitrogens with zero attached hydrogens (tertiary/aromatic N) is 18. The maximum absolute atomic E-state index is 13.6. The molecule has 5 amide bonds. The highest BCUT2D eigenvalue weighted by atomic mass is 19.1. The minimum atomic E-state index is -1.22. The summed E-state index contributed by atoms with van der Waals surface area (Å²) >= 11 is 0. The van der Waals surface area contributed by atoms with E-state index in [-0.39, 0.29) is 77.9 Å². The molecule has 6 aromatic carbocycles. The summed E-state index contributed by atoms with van der Waals surface area (Å²) in [4.78, 5) is 111. The van der Waals surface area contributed by atoms with Crippen LogP contribution in [0.2, 0.25) is 0 Å². The van der Waals surface area contributed by atoms with Crippen LogP contribution < -0.4 is 31.9 Å². The van der Waals surface area contributed by atoms with Crippen LogP contribution in [0.15, 0.2) is 121 Å². The molecule has 30 nitrogen and oxygen atoms in total. The summed E-state index contributed by atoms with van der Waals surface area (Å²) in [5, 5.41) is 18.4. The third kappa shape index (κ3) is 21.7. The molecule has 6 heterocycles. The number of anilines is 6. The topological polar surface area (TPSA) is 300 Å². The zero-order valence-electron chi connectivity index (χ0n) is 83.6. The Morgan fingerprint density at radius 2 is 0.704 bits per heavy atom. The SMILES string of the molecule is [C-]#[N+]c1ccc2nc(NC(=C)[C@H]3CC3(C)C)n(C3CCC3)c2c1.[C-]#[N+]c1ccc2nc(NC(=O)C3CC(C)(F)C3)n(C3CCC3)c2c1.[C-]#[N+]c1ccc2nc(NC(=O)C3CC4CCC3C4)n(C3CCC3)c2c1.[C-]#[N+]c1ccc2nc(NC(=O)CC(C)(C)C)n(C3CCC3)c2c1.[C-]#[N+]c1ccc2nc(NC(=O)CC(C)(C)OC)n(C3CCC3)c2c1.[C-]#[N+]c1ccc2nc(NC(=O)[C@@H](C)C(C)C)n(C3CCC3)c2c1. The Kier molecular flexibility index (Phi) is 28.8. The number of carbonyl (C=O) groups is 5. The number of ether oxygens (including phenoxy) is 1. The molecule has 31 heteroatoms. The summed E-state index contributed by atoms with van der Waals surface area (Å²) < 4.78 is 31.8. The molecular weight excluding hydrogens is 1780 g/mol. The average Bonchev–Trinajstić information content (AvgIpc) is 1.60. The lowest BCUT2D eigenvalue weighted by Gasteiger charge is -2.37. The van der Waals surface area contributed by atoms with Crippen molar-refractivity contribution in [2.45, 2.75) is 297 Å². The van der Waals surface area contributed by atoms with Crippen LogP contribution in [0, 0.1) is 91.7 Å². The van der Waals surface area contributed by atoms with Crippen molar-refractivity contribution in [3.63, 3.8) is 0 Å². The number of carbonyl (C=O) groups excluding carboxylic acids is 5. The Balaban J connectivity index is 0.000000117. The Morgan fingerprint density at radius 3 is 0.951 bits per heavy atom. The fraction of sp³-hybridized carbons (Fsp3) is 0.505. The summed E-state index contributed by atoms with van der Waals surface area (Å²) in [6.45, 7) is 69.6. The minimum Gasteiger partial charge on any atom is -0.378 e. The van der Waals surface area contributed by atoms with Crippen LogP contribution in [0.1, 0.15) is 286 Å². The third-order valence-corrected chi connectivity index (χ3v) is 30.9.